The number of furan rings is 1. The summed E-state index contributed by atoms with van der Waals surface area (Å²) in [4.78, 5) is 34.1. The molecule has 1 amide bonds. The van der Waals surface area contributed by atoms with Gasteiger partial charge in [0.25, 0.3) is 5.91 Å². The van der Waals surface area contributed by atoms with E-state index >= 15 is 0 Å². The van der Waals surface area contributed by atoms with Crippen LogP contribution in [0.25, 0.3) is 6.08 Å². The first-order valence-corrected chi connectivity index (χ1v) is 9.98. The van der Waals surface area contributed by atoms with Gasteiger partial charge >= 0.3 is 5.97 Å². The molecule has 2 aliphatic heterocycles. The molecule has 0 saturated carbocycles. The van der Waals surface area contributed by atoms with Crippen LogP contribution in [0.4, 0.5) is 0 Å². The molecule has 1 aromatic heterocycles. The van der Waals surface area contributed by atoms with Gasteiger partial charge in [0.05, 0.1) is 22.9 Å². The highest BCUT2D eigenvalue weighted by Crippen LogP contribution is 2.38. The quantitative estimate of drug-likeness (QED) is 0.384. The summed E-state index contributed by atoms with van der Waals surface area (Å²) in [7, 11) is 0. The molecule has 1 aromatic carbocycles. The number of nitrogens with one attached hydrogen (secondary N) is 1. The molecule has 10 heteroatoms. The van der Waals surface area contributed by atoms with Gasteiger partial charge < -0.3 is 18.7 Å². The number of halogens is 1. The van der Waals surface area contributed by atoms with Crippen LogP contribution in [0.15, 0.2) is 61.8 Å². The maximum atomic E-state index is 12.5. The minimum Gasteiger partial charge on any atom is -0.490 e. The summed E-state index contributed by atoms with van der Waals surface area (Å²) in [6, 6.07) is 6.30. The summed E-state index contributed by atoms with van der Waals surface area (Å²) in [6.45, 7) is 3.80. The average Bonchev–Trinajstić information content (AvgIpc) is 3.37. The van der Waals surface area contributed by atoms with Crippen LogP contribution in [0.5, 0.6) is 11.5 Å². The van der Waals surface area contributed by atoms with Crippen molar-refractivity contribution in [3.05, 3.63) is 63.7 Å². The number of amides is 1. The van der Waals surface area contributed by atoms with Gasteiger partial charge in [-0.1, -0.05) is 0 Å². The fourth-order valence-electron chi connectivity index (χ4n) is 2.94. The Balaban J connectivity index is 1.68. The monoisotopic (exact) mass is 485 g/mol. The van der Waals surface area contributed by atoms with Crippen LogP contribution in [0, 0.1) is 5.41 Å². The first kappa shape index (κ1) is 20.6. The highest BCUT2D eigenvalue weighted by molar-refractivity contribution is 9.10. The fraction of sp³-hybridized carbons (Fsp3) is 0.143. The number of allylic oxidation sites excluding steroid dienone is 1. The number of hydrogen-bond acceptors (Lipinski definition) is 7. The van der Waals surface area contributed by atoms with Crippen molar-refractivity contribution in [3.8, 4) is 11.5 Å². The van der Waals surface area contributed by atoms with Gasteiger partial charge in [-0.2, -0.15) is 4.99 Å². The standard InChI is InChI=1S/C21H16BrN3O6/c1-3-28-16-10-12(9-14(22)18(16)30-21(27)15-5-4-6-29-15)8-13-19(23)25-17(24-20(13)26)7-11(2)31-25/h4-10,23H,3H2,1-2H3/b13-8-,23-19?. The van der Waals surface area contributed by atoms with Crippen LogP contribution < -0.4 is 9.47 Å². The fourth-order valence-corrected chi connectivity index (χ4v) is 3.48. The number of benzene rings is 1. The Morgan fingerprint density at radius 3 is 2.90 bits per heavy atom. The second-order valence-electron chi connectivity index (χ2n) is 6.45. The minimum atomic E-state index is -0.682. The summed E-state index contributed by atoms with van der Waals surface area (Å²) in [6.07, 6.45) is 4.44. The summed E-state index contributed by atoms with van der Waals surface area (Å²) < 4.78 is 16.5. The highest BCUT2D eigenvalue weighted by atomic mass is 79.9. The minimum absolute atomic E-state index is 0.0431. The second kappa shape index (κ2) is 8.23. The third kappa shape index (κ3) is 4.02. The number of carbonyl (C=O) groups excluding carboxylic acids is 2. The Kier molecular flexibility index (Phi) is 5.47. The predicted molar refractivity (Wildman–Crippen MR) is 114 cm³/mol. The average molecular weight is 486 g/mol. The molecule has 0 spiro atoms. The van der Waals surface area contributed by atoms with Crippen LogP contribution in [-0.2, 0) is 9.63 Å². The lowest BCUT2D eigenvalue weighted by atomic mass is 10.1. The molecule has 0 saturated heterocycles. The van der Waals surface area contributed by atoms with E-state index in [0.29, 0.717) is 22.4 Å². The Labute approximate surface area is 185 Å². The first-order valence-electron chi connectivity index (χ1n) is 9.19. The zero-order valence-electron chi connectivity index (χ0n) is 16.5. The Morgan fingerprint density at radius 2 is 2.19 bits per heavy atom. The number of hydrogen-bond donors (Lipinski definition) is 1. The van der Waals surface area contributed by atoms with E-state index in [1.165, 1.54) is 23.5 Å². The molecule has 0 atom stereocenters. The number of fused-ring (bicyclic) bond motifs is 1. The molecule has 0 unspecified atom stereocenters. The van der Waals surface area contributed by atoms with Crippen LogP contribution in [0.1, 0.15) is 30.0 Å². The number of amidine groups is 2. The lowest BCUT2D eigenvalue weighted by molar-refractivity contribution is -0.114. The van der Waals surface area contributed by atoms with Gasteiger partial charge in [0.1, 0.15) is 5.76 Å². The lowest BCUT2D eigenvalue weighted by Crippen LogP contribution is -2.38. The van der Waals surface area contributed by atoms with Crippen molar-refractivity contribution in [2.45, 2.75) is 13.8 Å². The van der Waals surface area contributed by atoms with Crippen LogP contribution in [0.2, 0.25) is 0 Å². The molecular weight excluding hydrogens is 470 g/mol. The van der Waals surface area contributed by atoms with Gasteiger partial charge in [0, 0.05) is 6.08 Å². The zero-order chi connectivity index (χ0) is 22.1. The molecule has 2 aromatic rings. The van der Waals surface area contributed by atoms with E-state index in [-0.39, 0.29) is 34.5 Å². The Hall–Kier alpha value is -3.66. The van der Waals surface area contributed by atoms with E-state index in [1.807, 2.05) is 0 Å². The van der Waals surface area contributed by atoms with Crippen LogP contribution in [-0.4, -0.2) is 35.2 Å². The topological polar surface area (TPSA) is 114 Å². The van der Waals surface area contributed by atoms with Gasteiger partial charge in [-0.25, -0.2) is 4.79 Å². The van der Waals surface area contributed by atoms with Gasteiger partial charge in [0.2, 0.25) is 5.76 Å². The van der Waals surface area contributed by atoms with Gasteiger partial charge in [0.15, 0.2) is 23.2 Å². The normalized spacial score (nSPS) is 16.6. The number of hydroxylamine groups is 2. The van der Waals surface area contributed by atoms with E-state index in [1.54, 1.807) is 38.1 Å². The maximum Gasteiger partial charge on any atom is 0.379 e. The predicted octanol–water partition coefficient (Wildman–Crippen LogP) is 4.11. The summed E-state index contributed by atoms with van der Waals surface area (Å²) in [5.74, 6) is -0.0970. The maximum absolute atomic E-state index is 12.5. The SMILES string of the molecule is CCOc1cc(/C=C2/C(=N)N3OC(C)=CC3=NC2=O)cc(Br)c1OC(=O)c1ccco1. The van der Waals surface area contributed by atoms with Crippen molar-refractivity contribution in [3.63, 3.8) is 0 Å². The zero-order valence-corrected chi connectivity index (χ0v) is 18.1. The molecular formula is C21H16BrN3O6. The summed E-state index contributed by atoms with van der Waals surface area (Å²) in [5, 5.41) is 9.50. The van der Waals surface area contributed by atoms with E-state index < -0.39 is 11.9 Å². The highest BCUT2D eigenvalue weighted by Gasteiger charge is 2.34. The van der Waals surface area contributed by atoms with Crippen molar-refractivity contribution < 1.29 is 28.3 Å². The number of nitrogens with zero attached hydrogens (tertiary/aromatic N) is 2. The van der Waals surface area contributed by atoms with Crippen molar-refractivity contribution >= 4 is 45.6 Å². The molecule has 31 heavy (non-hydrogen) atoms. The van der Waals surface area contributed by atoms with Gasteiger partial charge in [-0.05, 0) is 65.7 Å². The summed E-state index contributed by atoms with van der Waals surface area (Å²) >= 11 is 3.38. The Bertz CT molecular complexity index is 1180. The van der Waals surface area contributed by atoms with Crippen LogP contribution >= 0.6 is 15.9 Å². The van der Waals surface area contributed by atoms with Crippen molar-refractivity contribution in [1.29, 1.82) is 5.41 Å². The molecule has 0 bridgehead atoms. The number of carbonyl (C=O) groups is 2. The lowest BCUT2D eigenvalue weighted by Gasteiger charge is -2.23. The van der Waals surface area contributed by atoms with Crippen LogP contribution in [0.3, 0.4) is 0 Å². The number of ether oxygens (including phenoxy) is 2. The largest absolute Gasteiger partial charge is 0.490 e. The number of aliphatic imine (C=N–C) groups is 1. The molecule has 9 nitrogen and oxygen atoms in total. The van der Waals surface area contributed by atoms with Crippen molar-refractivity contribution in [2.24, 2.45) is 4.99 Å². The molecule has 4 rings (SSSR count). The first-order chi connectivity index (χ1) is 14.9. The molecule has 2 aliphatic rings. The second-order valence-corrected chi connectivity index (χ2v) is 7.31. The molecule has 1 N–H and O–H groups in total. The van der Waals surface area contributed by atoms with E-state index in [0.717, 1.165) is 0 Å². The smallest absolute Gasteiger partial charge is 0.379 e. The molecule has 158 valence electrons. The number of rotatable bonds is 5. The third-order valence-electron chi connectivity index (χ3n) is 4.24. The van der Waals surface area contributed by atoms with E-state index in [4.69, 9.17) is 24.1 Å². The van der Waals surface area contributed by atoms with E-state index in [2.05, 4.69) is 20.9 Å². The van der Waals surface area contributed by atoms with Gasteiger partial charge in [-0.15, -0.1) is 5.06 Å². The van der Waals surface area contributed by atoms with Gasteiger partial charge in [-0.3, -0.25) is 10.2 Å². The molecule has 0 fully saturated rings. The van der Waals surface area contributed by atoms with E-state index in [9.17, 15) is 9.59 Å². The molecule has 3 heterocycles. The van der Waals surface area contributed by atoms with Crippen molar-refractivity contribution in [2.75, 3.05) is 6.61 Å². The molecule has 0 radical (unpaired) electrons. The Morgan fingerprint density at radius 1 is 1.39 bits per heavy atom. The summed E-state index contributed by atoms with van der Waals surface area (Å²) in [5.41, 5.74) is 0.574. The van der Waals surface area contributed by atoms with Crippen molar-refractivity contribution in [1.82, 2.24) is 5.06 Å². The number of esters is 1. The molecule has 0 aliphatic carbocycles. The third-order valence-corrected chi connectivity index (χ3v) is 4.83.